The highest BCUT2D eigenvalue weighted by atomic mass is 19.4. The molecule has 0 fully saturated rings. The first kappa shape index (κ1) is 15.9. The molecule has 0 unspecified atom stereocenters. The Morgan fingerprint density at radius 1 is 1.30 bits per heavy atom. The fourth-order valence-electron chi connectivity index (χ4n) is 1.14. The van der Waals surface area contributed by atoms with Gasteiger partial charge < -0.3 is 5.11 Å². The average Bonchev–Trinajstić information content (AvgIpc) is 2.35. The Balaban J connectivity index is 2.51. The summed E-state index contributed by atoms with van der Waals surface area (Å²) in [5.74, 6) is -1.97. The SMILES string of the molecule is C[C@@](O)(CC(=O)NNC(=O)c1ccccn1)C(F)(F)F. The van der Waals surface area contributed by atoms with Gasteiger partial charge in [-0.1, -0.05) is 6.07 Å². The van der Waals surface area contributed by atoms with Gasteiger partial charge >= 0.3 is 6.18 Å². The number of aromatic nitrogens is 1. The number of halogens is 3. The molecule has 3 N–H and O–H groups in total. The van der Waals surface area contributed by atoms with Gasteiger partial charge in [0.15, 0.2) is 5.60 Å². The Labute approximate surface area is 112 Å². The molecule has 1 heterocycles. The Bertz CT molecular complexity index is 489. The summed E-state index contributed by atoms with van der Waals surface area (Å²) in [6.45, 7) is 0.465. The monoisotopic (exact) mass is 291 g/mol. The van der Waals surface area contributed by atoms with Crippen molar-refractivity contribution in [3.63, 3.8) is 0 Å². The molecule has 110 valence electrons. The molecule has 0 aliphatic carbocycles. The van der Waals surface area contributed by atoms with Crippen molar-refractivity contribution in [2.75, 3.05) is 0 Å². The molecule has 0 aromatic carbocycles. The highest BCUT2D eigenvalue weighted by Crippen LogP contribution is 2.32. The number of alkyl halides is 3. The first-order chi connectivity index (χ1) is 9.13. The second-order valence-corrected chi connectivity index (χ2v) is 4.17. The molecule has 1 rings (SSSR count). The summed E-state index contributed by atoms with van der Waals surface area (Å²) in [4.78, 5) is 26.4. The number of hydrazine groups is 1. The number of carbonyl (C=O) groups excluding carboxylic acids is 2. The fourth-order valence-corrected chi connectivity index (χ4v) is 1.14. The van der Waals surface area contributed by atoms with Gasteiger partial charge in [-0.05, 0) is 19.1 Å². The summed E-state index contributed by atoms with van der Waals surface area (Å²) in [6, 6.07) is 4.45. The van der Waals surface area contributed by atoms with Crippen LogP contribution in [0.25, 0.3) is 0 Å². The van der Waals surface area contributed by atoms with Crippen LogP contribution in [0.1, 0.15) is 23.8 Å². The summed E-state index contributed by atoms with van der Waals surface area (Å²) in [6.07, 6.45) is -4.85. The summed E-state index contributed by atoms with van der Waals surface area (Å²) >= 11 is 0. The van der Waals surface area contributed by atoms with Crippen LogP contribution in [-0.4, -0.2) is 33.7 Å². The zero-order valence-corrected chi connectivity index (χ0v) is 10.4. The molecule has 0 saturated heterocycles. The second-order valence-electron chi connectivity index (χ2n) is 4.17. The van der Waals surface area contributed by atoms with E-state index in [0.717, 1.165) is 0 Å². The van der Waals surface area contributed by atoms with Crippen LogP contribution < -0.4 is 10.9 Å². The molecule has 0 radical (unpaired) electrons. The largest absolute Gasteiger partial charge is 0.417 e. The van der Waals surface area contributed by atoms with Gasteiger partial charge in [0.2, 0.25) is 5.91 Å². The zero-order chi connectivity index (χ0) is 15.4. The fraction of sp³-hybridized carbons (Fsp3) is 0.364. The summed E-state index contributed by atoms with van der Waals surface area (Å²) < 4.78 is 37.0. The van der Waals surface area contributed by atoms with Crippen LogP contribution >= 0.6 is 0 Å². The second kappa shape index (κ2) is 5.87. The number of hydrogen-bond acceptors (Lipinski definition) is 4. The lowest BCUT2D eigenvalue weighted by molar-refractivity contribution is -0.253. The molecule has 1 aromatic heterocycles. The van der Waals surface area contributed by atoms with Crippen molar-refractivity contribution >= 4 is 11.8 Å². The number of hydrogen-bond donors (Lipinski definition) is 3. The number of carbonyl (C=O) groups is 2. The van der Waals surface area contributed by atoms with E-state index in [-0.39, 0.29) is 5.69 Å². The quantitative estimate of drug-likeness (QED) is 0.709. The summed E-state index contributed by atoms with van der Waals surface area (Å²) in [7, 11) is 0. The van der Waals surface area contributed by atoms with Gasteiger partial charge in [-0.3, -0.25) is 25.4 Å². The molecule has 6 nitrogen and oxygen atoms in total. The summed E-state index contributed by atoms with van der Waals surface area (Å²) in [5.41, 5.74) is 0.472. The van der Waals surface area contributed by atoms with E-state index in [1.807, 2.05) is 5.43 Å². The lowest BCUT2D eigenvalue weighted by Gasteiger charge is -2.25. The van der Waals surface area contributed by atoms with Crippen molar-refractivity contribution in [2.24, 2.45) is 0 Å². The predicted octanol–water partition coefficient (Wildman–Crippen LogP) is 0.546. The Kier molecular flexibility index (Phi) is 4.66. The smallest absolute Gasteiger partial charge is 0.380 e. The molecule has 0 bridgehead atoms. The topological polar surface area (TPSA) is 91.3 Å². The first-order valence-electron chi connectivity index (χ1n) is 5.43. The minimum atomic E-state index is -4.95. The van der Waals surface area contributed by atoms with E-state index < -0.39 is 30.0 Å². The number of nitrogens with zero attached hydrogens (tertiary/aromatic N) is 1. The van der Waals surface area contributed by atoms with Crippen LogP contribution in [0.5, 0.6) is 0 Å². The van der Waals surface area contributed by atoms with Gasteiger partial charge in [0.25, 0.3) is 5.91 Å². The third kappa shape index (κ3) is 4.19. The van der Waals surface area contributed by atoms with Crippen molar-refractivity contribution < 1.29 is 27.9 Å². The molecule has 0 aliphatic heterocycles. The van der Waals surface area contributed by atoms with E-state index in [1.54, 1.807) is 11.5 Å². The average molecular weight is 291 g/mol. The lowest BCUT2D eigenvalue weighted by atomic mass is 10.0. The maximum absolute atomic E-state index is 12.3. The van der Waals surface area contributed by atoms with E-state index in [0.29, 0.717) is 6.92 Å². The van der Waals surface area contributed by atoms with Crippen molar-refractivity contribution in [2.45, 2.75) is 25.1 Å². The molecule has 1 atom stereocenters. The molecule has 2 amide bonds. The minimum absolute atomic E-state index is 0.0182. The molecule has 0 aliphatic rings. The van der Waals surface area contributed by atoms with Crippen LogP contribution in [0.15, 0.2) is 24.4 Å². The third-order valence-corrected chi connectivity index (χ3v) is 2.33. The maximum atomic E-state index is 12.3. The van der Waals surface area contributed by atoms with E-state index in [4.69, 9.17) is 5.11 Å². The molecule has 0 spiro atoms. The van der Waals surface area contributed by atoms with Crippen molar-refractivity contribution in [1.82, 2.24) is 15.8 Å². The number of aliphatic hydroxyl groups is 1. The molecular formula is C11H12F3N3O3. The standard InChI is InChI=1S/C11H12F3N3O3/c1-10(20,11(12,13)14)6-8(18)16-17-9(19)7-4-2-3-5-15-7/h2-5,20H,6H2,1H3,(H,16,18)(H,17,19)/t10-/m1/s1. The van der Waals surface area contributed by atoms with Gasteiger partial charge in [-0.15, -0.1) is 0 Å². The lowest BCUT2D eigenvalue weighted by Crippen LogP contribution is -2.49. The van der Waals surface area contributed by atoms with Gasteiger partial charge in [0, 0.05) is 6.20 Å². The first-order valence-corrected chi connectivity index (χ1v) is 5.43. The van der Waals surface area contributed by atoms with Crippen molar-refractivity contribution in [3.05, 3.63) is 30.1 Å². The van der Waals surface area contributed by atoms with E-state index in [2.05, 4.69) is 4.98 Å². The maximum Gasteiger partial charge on any atom is 0.417 e. The Hall–Kier alpha value is -2.16. The Morgan fingerprint density at radius 2 is 1.95 bits per heavy atom. The van der Waals surface area contributed by atoms with Crippen molar-refractivity contribution in [1.29, 1.82) is 0 Å². The van der Waals surface area contributed by atoms with Crippen LogP contribution in [0.3, 0.4) is 0 Å². The summed E-state index contributed by atoms with van der Waals surface area (Å²) in [5, 5.41) is 9.09. The predicted molar refractivity (Wildman–Crippen MR) is 61.1 cm³/mol. The molecule has 1 aromatic rings. The van der Waals surface area contributed by atoms with Crippen molar-refractivity contribution in [3.8, 4) is 0 Å². The number of nitrogens with one attached hydrogen (secondary N) is 2. The third-order valence-electron chi connectivity index (χ3n) is 2.33. The Morgan fingerprint density at radius 3 is 2.45 bits per heavy atom. The van der Waals surface area contributed by atoms with Gasteiger partial charge in [0.05, 0.1) is 6.42 Å². The number of rotatable bonds is 3. The van der Waals surface area contributed by atoms with Gasteiger partial charge in [-0.25, -0.2) is 0 Å². The van der Waals surface area contributed by atoms with Crippen LogP contribution in [-0.2, 0) is 4.79 Å². The van der Waals surface area contributed by atoms with E-state index in [9.17, 15) is 22.8 Å². The molecular weight excluding hydrogens is 279 g/mol. The van der Waals surface area contributed by atoms with Crippen LogP contribution in [0.2, 0.25) is 0 Å². The minimum Gasteiger partial charge on any atom is -0.380 e. The zero-order valence-electron chi connectivity index (χ0n) is 10.4. The normalized spacial score (nSPS) is 14.2. The van der Waals surface area contributed by atoms with Crippen LogP contribution in [0, 0.1) is 0 Å². The molecule has 0 saturated carbocycles. The van der Waals surface area contributed by atoms with E-state index in [1.165, 1.54) is 18.3 Å². The van der Waals surface area contributed by atoms with Gasteiger partial charge in [-0.2, -0.15) is 13.2 Å². The van der Waals surface area contributed by atoms with E-state index >= 15 is 0 Å². The highest BCUT2D eigenvalue weighted by Gasteiger charge is 2.51. The highest BCUT2D eigenvalue weighted by molar-refractivity contribution is 5.93. The number of pyridine rings is 1. The van der Waals surface area contributed by atoms with Gasteiger partial charge in [0.1, 0.15) is 5.69 Å². The molecule has 20 heavy (non-hydrogen) atoms. The van der Waals surface area contributed by atoms with Crippen LogP contribution in [0.4, 0.5) is 13.2 Å². The number of amides is 2. The molecule has 9 heteroatoms.